The second kappa shape index (κ2) is 10.8. The number of carbonyl (C=O) groups excluding carboxylic acids is 1. The Kier molecular flexibility index (Phi) is 7.85. The van der Waals surface area contributed by atoms with Gasteiger partial charge in [0, 0.05) is 38.7 Å². The number of sulfonamides is 1. The molecule has 0 aliphatic carbocycles. The number of rotatable bonds is 8. The van der Waals surface area contributed by atoms with Crippen molar-refractivity contribution in [2.75, 3.05) is 33.4 Å². The van der Waals surface area contributed by atoms with Crippen molar-refractivity contribution in [3.05, 3.63) is 59.9 Å². The summed E-state index contributed by atoms with van der Waals surface area (Å²) in [5.74, 6) is -0.0505. The molecule has 2 aliphatic heterocycles. The number of amides is 1. The van der Waals surface area contributed by atoms with E-state index in [1.807, 2.05) is 6.07 Å². The molecule has 0 radical (unpaired) electrons. The Morgan fingerprint density at radius 3 is 2.50 bits per heavy atom. The van der Waals surface area contributed by atoms with Crippen molar-refractivity contribution in [3.63, 3.8) is 0 Å². The normalized spacial score (nSPS) is 19.8. The molecule has 7 nitrogen and oxygen atoms in total. The van der Waals surface area contributed by atoms with E-state index in [-0.39, 0.29) is 41.7 Å². The van der Waals surface area contributed by atoms with Crippen LogP contribution in [0.2, 0.25) is 0 Å². The van der Waals surface area contributed by atoms with Crippen LogP contribution in [-0.2, 0) is 26.1 Å². The average Bonchev–Trinajstić information content (AvgIpc) is 3.36. The Hall–Kier alpha value is -2.49. The van der Waals surface area contributed by atoms with Crippen LogP contribution in [0, 0.1) is 11.7 Å². The van der Waals surface area contributed by atoms with E-state index in [0.29, 0.717) is 38.3 Å². The zero-order valence-electron chi connectivity index (χ0n) is 19.4. The summed E-state index contributed by atoms with van der Waals surface area (Å²) in [6.45, 7) is 2.01. The van der Waals surface area contributed by atoms with Crippen LogP contribution in [0.3, 0.4) is 0 Å². The summed E-state index contributed by atoms with van der Waals surface area (Å²) in [7, 11) is -2.11. The number of hydrogen-bond acceptors (Lipinski definition) is 5. The highest BCUT2D eigenvalue weighted by Gasteiger charge is 2.35. The van der Waals surface area contributed by atoms with E-state index in [1.165, 1.54) is 35.7 Å². The molecule has 2 aromatic carbocycles. The molecular weight excluding hydrogens is 459 g/mol. The Labute approximate surface area is 200 Å². The van der Waals surface area contributed by atoms with Gasteiger partial charge in [-0.2, -0.15) is 4.31 Å². The molecule has 2 aromatic rings. The van der Waals surface area contributed by atoms with E-state index < -0.39 is 10.0 Å². The van der Waals surface area contributed by atoms with Crippen LogP contribution in [0.4, 0.5) is 4.39 Å². The van der Waals surface area contributed by atoms with Gasteiger partial charge in [0.1, 0.15) is 11.6 Å². The molecule has 34 heavy (non-hydrogen) atoms. The van der Waals surface area contributed by atoms with Crippen LogP contribution in [0.25, 0.3) is 0 Å². The standard InChI is InChI=1S/C25H31FN2O5S/c1-32-22-7-9-24(10-8-22)34(30,31)28-13-11-20(12-14-28)25(29)27(18-23-6-3-15-33-23)17-19-4-2-5-21(26)16-19/h2,4-5,7-10,16,20,23H,3,6,11-15,17-18H2,1H3. The van der Waals surface area contributed by atoms with E-state index in [0.717, 1.165) is 18.4 Å². The smallest absolute Gasteiger partial charge is 0.243 e. The van der Waals surface area contributed by atoms with Gasteiger partial charge in [0.05, 0.1) is 18.1 Å². The van der Waals surface area contributed by atoms with Gasteiger partial charge in [0.2, 0.25) is 15.9 Å². The third kappa shape index (κ3) is 5.76. The third-order valence-electron chi connectivity index (χ3n) is 6.52. The largest absolute Gasteiger partial charge is 0.497 e. The first-order valence-electron chi connectivity index (χ1n) is 11.7. The van der Waals surface area contributed by atoms with Crippen LogP contribution >= 0.6 is 0 Å². The molecule has 9 heteroatoms. The summed E-state index contributed by atoms with van der Waals surface area (Å²) in [6, 6.07) is 12.6. The Balaban J connectivity index is 1.42. The topological polar surface area (TPSA) is 76.2 Å². The minimum Gasteiger partial charge on any atom is -0.497 e. The lowest BCUT2D eigenvalue weighted by atomic mass is 9.96. The van der Waals surface area contributed by atoms with Gasteiger partial charge in [0.25, 0.3) is 0 Å². The van der Waals surface area contributed by atoms with Gasteiger partial charge in [-0.3, -0.25) is 4.79 Å². The van der Waals surface area contributed by atoms with E-state index in [2.05, 4.69) is 0 Å². The maximum Gasteiger partial charge on any atom is 0.243 e. The van der Waals surface area contributed by atoms with Gasteiger partial charge >= 0.3 is 0 Å². The number of nitrogens with zero attached hydrogens (tertiary/aromatic N) is 2. The van der Waals surface area contributed by atoms with Gasteiger partial charge in [-0.25, -0.2) is 12.8 Å². The molecule has 1 amide bonds. The molecule has 0 saturated carbocycles. The molecule has 0 spiro atoms. The van der Waals surface area contributed by atoms with Crippen molar-refractivity contribution in [3.8, 4) is 5.75 Å². The van der Waals surface area contributed by atoms with E-state index in [9.17, 15) is 17.6 Å². The van der Waals surface area contributed by atoms with Crippen molar-refractivity contribution in [2.24, 2.45) is 5.92 Å². The number of carbonyl (C=O) groups is 1. The molecule has 2 aliphatic rings. The minimum atomic E-state index is -3.64. The Bertz CT molecular complexity index is 1080. The predicted octanol–water partition coefficient (Wildman–Crippen LogP) is 3.44. The summed E-state index contributed by atoms with van der Waals surface area (Å²) < 4.78 is 52.1. The van der Waals surface area contributed by atoms with Crippen LogP contribution in [-0.4, -0.2) is 63.0 Å². The molecule has 2 fully saturated rings. The zero-order valence-corrected chi connectivity index (χ0v) is 20.2. The molecule has 0 bridgehead atoms. The van der Waals surface area contributed by atoms with Crippen LogP contribution < -0.4 is 4.74 Å². The van der Waals surface area contributed by atoms with Gasteiger partial charge in [-0.1, -0.05) is 12.1 Å². The van der Waals surface area contributed by atoms with Crippen molar-refractivity contribution >= 4 is 15.9 Å². The maximum atomic E-state index is 13.7. The second-order valence-corrected chi connectivity index (χ2v) is 10.8. The van der Waals surface area contributed by atoms with Crippen molar-refractivity contribution in [1.29, 1.82) is 0 Å². The highest BCUT2D eigenvalue weighted by atomic mass is 32.2. The summed E-state index contributed by atoms with van der Waals surface area (Å²) in [4.78, 5) is 15.4. The molecule has 4 rings (SSSR count). The van der Waals surface area contributed by atoms with Gasteiger partial charge in [-0.05, 0) is 67.6 Å². The highest BCUT2D eigenvalue weighted by Crippen LogP contribution is 2.27. The van der Waals surface area contributed by atoms with Gasteiger partial charge < -0.3 is 14.4 Å². The van der Waals surface area contributed by atoms with Gasteiger partial charge in [-0.15, -0.1) is 0 Å². The molecule has 0 aromatic heterocycles. The lowest BCUT2D eigenvalue weighted by Crippen LogP contribution is -2.45. The van der Waals surface area contributed by atoms with E-state index in [4.69, 9.17) is 9.47 Å². The number of ether oxygens (including phenoxy) is 2. The lowest BCUT2D eigenvalue weighted by molar-refractivity contribution is -0.139. The fraction of sp³-hybridized carbons (Fsp3) is 0.480. The summed E-state index contributed by atoms with van der Waals surface area (Å²) in [5.41, 5.74) is 0.728. The lowest BCUT2D eigenvalue weighted by Gasteiger charge is -2.34. The fourth-order valence-electron chi connectivity index (χ4n) is 4.62. The zero-order chi connectivity index (χ0) is 24.1. The van der Waals surface area contributed by atoms with Crippen molar-refractivity contribution in [2.45, 2.75) is 43.2 Å². The number of piperidine rings is 1. The highest BCUT2D eigenvalue weighted by molar-refractivity contribution is 7.89. The summed E-state index contributed by atoms with van der Waals surface area (Å²) >= 11 is 0. The number of methoxy groups -OCH3 is 1. The molecule has 1 unspecified atom stereocenters. The molecule has 1 atom stereocenters. The molecule has 2 heterocycles. The second-order valence-electron chi connectivity index (χ2n) is 8.84. The Morgan fingerprint density at radius 2 is 1.88 bits per heavy atom. The molecule has 0 N–H and O–H groups in total. The first-order valence-corrected chi connectivity index (χ1v) is 13.1. The summed E-state index contributed by atoms with van der Waals surface area (Å²) in [5, 5.41) is 0. The van der Waals surface area contributed by atoms with Crippen LogP contribution in [0.15, 0.2) is 53.4 Å². The monoisotopic (exact) mass is 490 g/mol. The van der Waals surface area contributed by atoms with E-state index in [1.54, 1.807) is 23.1 Å². The van der Waals surface area contributed by atoms with Gasteiger partial charge in [0.15, 0.2) is 0 Å². The first-order chi connectivity index (χ1) is 16.4. The maximum absolute atomic E-state index is 13.7. The molecular formula is C25H31FN2O5S. The van der Waals surface area contributed by atoms with Crippen molar-refractivity contribution < 1.29 is 27.1 Å². The summed E-state index contributed by atoms with van der Waals surface area (Å²) in [6.07, 6.45) is 2.73. The quantitative estimate of drug-likeness (QED) is 0.567. The third-order valence-corrected chi connectivity index (χ3v) is 8.44. The number of hydrogen-bond donors (Lipinski definition) is 0. The van der Waals surface area contributed by atoms with Crippen molar-refractivity contribution in [1.82, 2.24) is 9.21 Å². The first kappa shape index (κ1) is 24.6. The fourth-order valence-corrected chi connectivity index (χ4v) is 6.09. The Morgan fingerprint density at radius 1 is 1.15 bits per heavy atom. The molecule has 2 saturated heterocycles. The number of halogens is 1. The molecule has 184 valence electrons. The average molecular weight is 491 g/mol. The van der Waals surface area contributed by atoms with Crippen LogP contribution in [0.1, 0.15) is 31.2 Å². The minimum absolute atomic E-state index is 0.0203. The number of benzene rings is 2. The predicted molar refractivity (Wildman–Crippen MR) is 125 cm³/mol. The van der Waals surface area contributed by atoms with Crippen LogP contribution in [0.5, 0.6) is 5.75 Å². The SMILES string of the molecule is COc1ccc(S(=O)(=O)N2CCC(C(=O)N(Cc3cccc(F)c3)CC3CCCO3)CC2)cc1. The van der Waals surface area contributed by atoms with E-state index >= 15 is 0 Å².